The lowest BCUT2D eigenvalue weighted by atomic mass is 10.0. The highest BCUT2D eigenvalue weighted by Crippen LogP contribution is 2.31. The van der Waals surface area contributed by atoms with Crippen LogP contribution in [0, 0.1) is 0 Å². The normalized spacial score (nSPS) is 16.0. The number of nitrogens with two attached hydrogens (primary N) is 1. The van der Waals surface area contributed by atoms with Crippen molar-refractivity contribution >= 4 is 27.5 Å². The van der Waals surface area contributed by atoms with Crippen LogP contribution < -0.4 is 20.5 Å². The number of nitrogens with zero attached hydrogens (tertiary/aromatic N) is 2. The lowest BCUT2D eigenvalue weighted by molar-refractivity contribution is 0.0765. The first-order chi connectivity index (χ1) is 12.9. The quantitative estimate of drug-likeness (QED) is 0.714. The molecular formula is C17H19BrF2N4O3. The summed E-state index contributed by atoms with van der Waals surface area (Å²) < 4.78 is 37.1. The van der Waals surface area contributed by atoms with E-state index < -0.39 is 18.9 Å². The summed E-state index contributed by atoms with van der Waals surface area (Å²) in [6, 6.07) is 5.27. The number of hydrogen-bond donors (Lipinski definition) is 2. The van der Waals surface area contributed by atoms with E-state index in [0.717, 1.165) is 5.56 Å². The number of hydrogen-bond acceptors (Lipinski definition) is 5. The van der Waals surface area contributed by atoms with Crippen LogP contribution in [0.1, 0.15) is 23.0 Å². The Bertz CT molecular complexity index is 844. The minimum atomic E-state index is -2.63. The molecule has 1 amide bonds. The number of ether oxygens (including phenoxy) is 2. The number of amides is 1. The number of alkyl halides is 2. The van der Waals surface area contributed by atoms with Gasteiger partial charge in [-0.1, -0.05) is 6.07 Å². The van der Waals surface area contributed by atoms with E-state index in [0.29, 0.717) is 31.0 Å². The van der Waals surface area contributed by atoms with Crippen molar-refractivity contribution in [3.05, 3.63) is 33.9 Å². The molecule has 10 heteroatoms. The maximum absolute atomic E-state index is 12.6. The summed E-state index contributed by atoms with van der Waals surface area (Å²) in [5, 5.41) is 6.87. The van der Waals surface area contributed by atoms with Gasteiger partial charge in [-0.25, -0.2) is 13.5 Å². The van der Waals surface area contributed by atoms with Crippen molar-refractivity contribution in [2.24, 2.45) is 5.73 Å². The Kier molecular flexibility index (Phi) is 5.95. The van der Waals surface area contributed by atoms with Gasteiger partial charge in [-0.05, 0) is 40.9 Å². The predicted octanol–water partition coefficient (Wildman–Crippen LogP) is 2.82. The molecule has 2 aromatic rings. The number of carbonyl (C=O) groups excluding carboxylic acids is 1. The highest BCUT2D eigenvalue weighted by Gasteiger charge is 2.24. The van der Waals surface area contributed by atoms with Crippen molar-refractivity contribution in [3.63, 3.8) is 0 Å². The highest BCUT2D eigenvalue weighted by molar-refractivity contribution is 9.10. The van der Waals surface area contributed by atoms with Crippen LogP contribution >= 0.6 is 15.9 Å². The molecule has 0 unspecified atom stereocenters. The van der Waals surface area contributed by atoms with Gasteiger partial charge in [-0.15, -0.1) is 0 Å². The molecule has 1 atom stereocenters. The summed E-state index contributed by atoms with van der Waals surface area (Å²) in [5.74, 6) is 0.266. The lowest BCUT2D eigenvalue weighted by Gasteiger charge is -2.22. The van der Waals surface area contributed by atoms with Gasteiger partial charge >= 0.3 is 0 Å². The second-order valence-electron chi connectivity index (χ2n) is 6.04. The summed E-state index contributed by atoms with van der Waals surface area (Å²) >= 11 is 3.22. The Morgan fingerprint density at radius 1 is 1.56 bits per heavy atom. The van der Waals surface area contributed by atoms with E-state index in [-0.39, 0.29) is 22.1 Å². The number of rotatable bonds is 6. The van der Waals surface area contributed by atoms with E-state index in [1.165, 1.54) is 4.68 Å². The van der Waals surface area contributed by atoms with Crippen LogP contribution in [0.2, 0.25) is 0 Å². The van der Waals surface area contributed by atoms with E-state index in [1.54, 1.807) is 19.1 Å². The predicted molar refractivity (Wildman–Crippen MR) is 98.7 cm³/mol. The van der Waals surface area contributed by atoms with E-state index in [1.807, 2.05) is 6.07 Å². The molecule has 0 spiro atoms. The van der Waals surface area contributed by atoms with Gasteiger partial charge in [0.25, 0.3) is 12.3 Å². The third-order valence-electron chi connectivity index (χ3n) is 3.97. The third kappa shape index (κ3) is 4.38. The maximum Gasteiger partial charge on any atom is 0.277 e. The molecule has 0 saturated carbocycles. The van der Waals surface area contributed by atoms with Crippen molar-refractivity contribution in [2.45, 2.75) is 32.4 Å². The monoisotopic (exact) mass is 444 g/mol. The number of fused-ring (bicyclic) bond motifs is 1. The van der Waals surface area contributed by atoms with Crippen LogP contribution in [0.25, 0.3) is 0 Å². The number of benzene rings is 1. The smallest absolute Gasteiger partial charge is 0.277 e. The molecule has 0 saturated heterocycles. The molecule has 0 radical (unpaired) electrons. The second kappa shape index (κ2) is 8.22. The molecule has 1 aliphatic heterocycles. The topological polar surface area (TPSA) is 91.4 Å². The Balaban J connectivity index is 1.78. The van der Waals surface area contributed by atoms with Crippen LogP contribution in [0.15, 0.2) is 22.7 Å². The molecule has 0 fully saturated rings. The van der Waals surface area contributed by atoms with Crippen molar-refractivity contribution in [3.8, 4) is 11.6 Å². The van der Waals surface area contributed by atoms with Crippen molar-refractivity contribution < 1.29 is 23.0 Å². The van der Waals surface area contributed by atoms with E-state index in [9.17, 15) is 13.6 Å². The Morgan fingerprint density at radius 3 is 3.04 bits per heavy atom. The average molecular weight is 445 g/mol. The molecule has 2 heterocycles. The fourth-order valence-corrected chi connectivity index (χ4v) is 3.31. The minimum absolute atomic E-state index is 0.0430. The maximum atomic E-state index is 12.6. The van der Waals surface area contributed by atoms with Gasteiger partial charge < -0.3 is 20.5 Å². The van der Waals surface area contributed by atoms with Crippen LogP contribution in [0.3, 0.4) is 0 Å². The van der Waals surface area contributed by atoms with Gasteiger partial charge in [-0.3, -0.25) is 4.79 Å². The molecule has 27 heavy (non-hydrogen) atoms. The zero-order valence-corrected chi connectivity index (χ0v) is 16.1. The van der Waals surface area contributed by atoms with Crippen LogP contribution in [-0.4, -0.2) is 41.4 Å². The molecule has 1 aliphatic rings. The second-order valence-corrected chi connectivity index (χ2v) is 6.83. The standard InChI is InChI=1S/C17H19BrF2N4O3/c1-2-24-17(27-8-13(19)20)14(18)15(23-24)16(25)22-11-4-3-9-5-10(21)7-26-12(9)6-11/h3-4,6,10,13H,2,5,7-8,21H2,1H3,(H,22,25)/t10-/m1/s1. The Labute approximate surface area is 162 Å². The molecule has 3 rings (SSSR count). The zero-order valence-electron chi connectivity index (χ0n) is 14.5. The SMILES string of the molecule is CCn1nc(C(=O)Nc2ccc3c(c2)OC[C@H](N)C3)c(Br)c1OCC(F)F. The van der Waals surface area contributed by atoms with Crippen LogP contribution in [0.4, 0.5) is 14.5 Å². The van der Waals surface area contributed by atoms with Gasteiger partial charge in [0.2, 0.25) is 5.88 Å². The molecular weight excluding hydrogens is 426 g/mol. The molecule has 1 aromatic carbocycles. The lowest BCUT2D eigenvalue weighted by Crippen LogP contribution is -2.33. The largest absolute Gasteiger partial charge is 0.492 e. The van der Waals surface area contributed by atoms with Crippen molar-refractivity contribution in [1.29, 1.82) is 0 Å². The van der Waals surface area contributed by atoms with Gasteiger partial charge in [-0.2, -0.15) is 5.10 Å². The molecule has 0 bridgehead atoms. The van der Waals surface area contributed by atoms with E-state index >= 15 is 0 Å². The van der Waals surface area contributed by atoms with Crippen LogP contribution in [0.5, 0.6) is 11.6 Å². The summed E-state index contributed by atoms with van der Waals surface area (Å²) in [5.41, 5.74) is 7.42. The first kappa shape index (κ1) is 19.6. The first-order valence-electron chi connectivity index (χ1n) is 8.39. The summed E-state index contributed by atoms with van der Waals surface area (Å²) in [6.45, 7) is 1.76. The molecule has 7 nitrogen and oxygen atoms in total. The van der Waals surface area contributed by atoms with Crippen molar-refractivity contribution in [1.82, 2.24) is 9.78 Å². The molecule has 146 valence electrons. The van der Waals surface area contributed by atoms with E-state index in [4.69, 9.17) is 15.2 Å². The highest BCUT2D eigenvalue weighted by atomic mass is 79.9. The molecule has 3 N–H and O–H groups in total. The molecule has 0 aliphatic carbocycles. The number of anilines is 1. The van der Waals surface area contributed by atoms with Gasteiger partial charge in [0.1, 0.15) is 16.8 Å². The first-order valence-corrected chi connectivity index (χ1v) is 9.18. The number of nitrogens with one attached hydrogen (secondary N) is 1. The number of aryl methyl sites for hydroxylation is 1. The Hall–Kier alpha value is -2.20. The zero-order chi connectivity index (χ0) is 19.6. The van der Waals surface area contributed by atoms with Gasteiger partial charge in [0, 0.05) is 24.3 Å². The van der Waals surface area contributed by atoms with Gasteiger partial charge in [0.05, 0.1) is 0 Å². The number of halogens is 3. The van der Waals surface area contributed by atoms with E-state index in [2.05, 4.69) is 26.3 Å². The van der Waals surface area contributed by atoms with Crippen LogP contribution in [-0.2, 0) is 13.0 Å². The summed E-state index contributed by atoms with van der Waals surface area (Å²) in [6.07, 6.45) is -1.92. The fourth-order valence-electron chi connectivity index (χ4n) is 2.73. The van der Waals surface area contributed by atoms with Gasteiger partial charge in [0.15, 0.2) is 12.3 Å². The summed E-state index contributed by atoms with van der Waals surface area (Å²) in [4.78, 5) is 12.6. The average Bonchev–Trinajstić information content (AvgIpc) is 2.96. The minimum Gasteiger partial charge on any atom is -0.492 e. The molecule has 1 aromatic heterocycles. The number of carbonyl (C=O) groups is 1. The summed E-state index contributed by atoms with van der Waals surface area (Å²) in [7, 11) is 0. The van der Waals surface area contributed by atoms with Crippen molar-refractivity contribution in [2.75, 3.05) is 18.5 Å². The third-order valence-corrected chi connectivity index (χ3v) is 4.69. The fraction of sp³-hybridized carbons (Fsp3) is 0.412. The number of aromatic nitrogens is 2. The Morgan fingerprint density at radius 2 is 2.33 bits per heavy atom.